The lowest BCUT2D eigenvalue weighted by Gasteiger charge is -2.33. The summed E-state index contributed by atoms with van der Waals surface area (Å²) in [6.07, 6.45) is 2.89. The molecule has 0 fully saturated rings. The van der Waals surface area contributed by atoms with E-state index in [0.29, 0.717) is 29.6 Å². The molecule has 5 aromatic rings. The van der Waals surface area contributed by atoms with Crippen molar-refractivity contribution in [2.24, 2.45) is 0 Å². The Balaban J connectivity index is 1.50. The number of carbonyl (C=O) groups is 1. The summed E-state index contributed by atoms with van der Waals surface area (Å²) in [7, 11) is 0. The van der Waals surface area contributed by atoms with Crippen LogP contribution in [0.3, 0.4) is 0 Å². The molecule has 2 atom stereocenters. The molecule has 6 rings (SSSR count). The first-order valence-electron chi connectivity index (χ1n) is 11.1. The maximum Gasteiger partial charge on any atom is 0.262 e. The number of carbonyl (C=O) groups excluding carboxylic acids is 1. The van der Waals surface area contributed by atoms with Crippen molar-refractivity contribution in [2.45, 2.75) is 24.9 Å². The Labute approximate surface area is 189 Å². The summed E-state index contributed by atoms with van der Waals surface area (Å²) < 4.78 is 1.62. The molecular formula is C27H22N4O2. The summed E-state index contributed by atoms with van der Waals surface area (Å²) in [6, 6.07) is 24.2. The maximum absolute atomic E-state index is 13.7. The number of nitrogens with zero attached hydrogens (tertiary/aromatic N) is 2. The highest BCUT2D eigenvalue weighted by Gasteiger charge is 2.36. The van der Waals surface area contributed by atoms with Gasteiger partial charge in [0.05, 0.1) is 16.9 Å². The number of amides is 1. The topological polar surface area (TPSA) is 79.8 Å². The van der Waals surface area contributed by atoms with Gasteiger partial charge in [0, 0.05) is 23.5 Å². The van der Waals surface area contributed by atoms with Crippen LogP contribution in [0.25, 0.3) is 21.8 Å². The van der Waals surface area contributed by atoms with Crippen LogP contribution in [0.4, 0.5) is 0 Å². The molecule has 1 aliphatic rings. The molecule has 6 heteroatoms. The number of nitrogens with one attached hydrogen (secondary N) is 2. The van der Waals surface area contributed by atoms with E-state index in [9.17, 15) is 9.59 Å². The quantitative estimate of drug-likeness (QED) is 0.447. The van der Waals surface area contributed by atoms with E-state index < -0.39 is 6.04 Å². The van der Waals surface area contributed by atoms with Crippen LogP contribution >= 0.6 is 0 Å². The molecule has 0 saturated heterocycles. The lowest BCUT2D eigenvalue weighted by Crippen LogP contribution is -2.49. The molecule has 1 aliphatic heterocycles. The molecule has 33 heavy (non-hydrogen) atoms. The molecule has 0 aliphatic carbocycles. The summed E-state index contributed by atoms with van der Waals surface area (Å²) in [5.41, 5.74) is 3.56. The van der Waals surface area contributed by atoms with Crippen molar-refractivity contribution >= 4 is 27.7 Å². The average Bonchev–Trinajstić information content (AvgIpc) is 3.25. The van der Waals surface area contributed by atoms with Gasteiger partial charge in [-0.25, -0.2) is 4.98 Å². The number of H-pyrrole nitrogens is 1. The average molecular weight is 434 g/mol. The first-order valence-corrected chi connectivity index (χ1v) is 11.1. The minimum absolute atomic E-state index is 0.159. The molecule has 2 N–H and O–H groups in total. The number of fused-ring (bicyclic) bond motifs is 3. The van der Waals surface area contributed by atoms with Gasteiger partial charge in [0.2, 0.25) is 5.91 Å². The van der Waals surface area contributed by atoms with Crippen molar-refractivity contribution < 1.29 is 4.79 Å². The molecule has 0 bridgehead atoms. The minimum atomic E-state index is -0.671. The normalized spacial score (nSPS) is 17.8. The number of hydrogen-bond acceptors (Lipinski definition) is 3. The predicted molar refractivity (Wildman–Crippen MR) is 128 cm³/mol. The Morgan fingerprint density at radius 3 is 2.39 bits per heavy atom. The zero-order valence-corrected chi connectivity index (χ0v) is 17.9. The van der Waals surface area contributed by atoms with E-state index >= 15 is 0 Å². The number of aromatic amines is 1. The third-order valence-corrected chi connectivity index (χ3v) is 6.45. The van der Waals surface area contributed by atoms with Crippen LogP contribution in [0, 0.1) is 0 Å². The maximum atomic E-state index is 13.7. The highest BCUT2D eigenvalue weighted by molar-refractivity contribution is 5.87. The van der Waals surface area contributed by atoms with Crippen molar-refractivity contribution in [3.05, 3.63) is 112 Å². The fourth-order valence-electron chi connectivity index (χ4n) is 4.84. The second kappa shape index (κ2) is 7.74. The molecule has 162 valence electrons. The number of hydrogen-bond donors (Lipinski definition) is 2. The summed E-state index contributed by atoms with van der Waals surface area (Å²) >= 11 is 0. The zero-order valence-electron chi connectivity index (χ0n) is 17.9. The van der Waals surface area contributed by atoms with Crippen LogP contribution in [-0.4, -0.2) is 20.4 Å². The van der Waals surface area contributed by atoms with Crippen LogP contribution in [-0.2, 0) is 17.6 Å². The van der Waals surface area contributed by atoms with Gasteiger partial charge in [0.1, 0.15) is 11.9 Å². The van der Waals surface area contributed by atoms with Gasteiger partial charge in [0.25, 0.3) is 5.56 Å². The fourth-order valence-corrected chi connectivity index (χ4v) is 4.84. The molecule has 3 heterocycles. The van der Waals surface area contributed by atoms with Gasteiger partial charge < -0.3 is 10.3 Å². The van der Waals surface area contributed by atoms with E-state index in [-0.39, 0.29) is 17.5 Å². The second-order valence-electron chi connectivity index (χ2n) is 8.49. The lowest BCUT2D eigenvalue weighted by atomic mass is 9.97. The molecule has 6 nitrogen and oxygen atoms in total. The first kappa shape index (κ1) is 19.5. The van der Waals surface area contributed by atoms with E-state index in [2.05, 4.69) is 10.3 Å². The van der Waals surface area contributed by atoms with Gasteiger partial charge in [-0.1, -0.05) is 60.7 Å². The number of para-hydroxylation sites is 2. The smallest absolute Gasteiger partial charge is 0.262 e. The summed E-state index contributed by atoms with van der Waals surface area (Å²) in [4.78, 5) is 35.2. The van der Waals surface area contributed by atoms with Crippen LogP contribution in [0.15, 0.2) is 89.9 Å². The van der Waals surface area contributed by atoms with E-state index in [1.165, 1.54) is 0 Å². The third-order valence-electron chi connectivity index (χ3n) is 6.45. The van der Waals surface area contributed by atoms with Crippen molar-refractivity contribution in [2.75, 3.05) is 0 Å². The Hall–Kier alpha value is -4.19. The van der Waals surface area contributed by atoms with Gasteiger partial charge in [-0.2, -0.15) is 0 Å². The van der Waals surface area contributed by atoms with Crippen molar-refractivity contribution in [3.8, 4) is 0 Å². The SMILES string of the molecule is O=C1N[C@H](Cc2ccccc2)c2nc3ccccc3c(=O)n2[C@@H]1Cc1c[nH]c2ccccc12. The predicted octanol–water partition coefficient (Wildman–Crippen LogP) is 4.08. The van der Waals surface area contributed by atoms with Gasteiger partial charge in [-0.15, -0.1) is 0 Å². The molecule has 1 amide bonds. The van der Waals surface area contributed by atoms with Gasteiger partial charge >= 0.3 is 0 Å². The van der Waals surface area contributed by atoms with Crippen LogP contribution in [0.2, 0.25) is 0 Å². The molecule has 0 spiro atoms. The Morgan fingerprint density at radius 2 is 1.55 bits per heavy atom. The first-order chi connectivity index (χ1) is 16.2. The van der Waals surface area contributed by atoms with Gasteiger partial charge in [-0.3, -0.25) is 14.2 Å². The summed E-state index contributed by atoms with van der Waals surface area (Å²) in [5.74, 6) is 0.444. The number of aromatic nitrogens is 3. The van der Waals surface area contributed by atoms with E-state index in [1.807, 2.05) is 79.0 Å². The van der Waals surface area contributed by atoms with E-state index in [0.717, 1.165) is 22.0 Å². The number of rotatable bonds is 4. The van der Waals surface area contributed by atoms with Gasteiger partial charge in [0.15, 0.2) is 0 Å². The number of benzene rings is 3. The molecule has 2 aromatic heterocycles. The fraction of sp³-hybridized carbons (Fsp3) is 0.148. The van der Waals surface area contributed by atoms with Gasteiger partial charge in [-0.05, 0) is 35.7 Å². The summed E-state index contributed by atoms with van der Waals surface area (Å²) in [6.45, 7) is 0. The molecule has 3 aromatic carbocycles. The van der Waals surface area contributed by atoms with Crippen molar-refractivity contribution in [3.63, 3.8) is 0 Å². The van der Waals surface area contributed by atoms with Crippen LogP contribution in [0.1, 0.15) is 29.0 Å². The van der Waals surface area contributed by atoms with Crippen LogP contribution in [0.5, 0.6) is 0 Å². The van der Waals surface area contributed by atoms with Crippen LogP contribution < -0.4 is 10.9 Å². The second-order valence-corrected chi connectivity index (χ2v) is 8.49. The minimum Gasteiger partial charge on any atom is -0.361 e. The summed E-state index contributed by atoms with van der Waals surface area (Å²) in [5, 5.41) is 4.73. The standard InChI is InChI=1S/C27H22N4O2/c32-26-24(15-18-16-28-21-12-6-4-10-19(18)21)31-25(23(30-26)14-17-8-2-1-3-9-17)29-22-13-7-5-11-20(22)27(31)33/h1-13,16,23-24,28H,14-15H2,(H,30,32)/t23-,24-/m1/s1. The largest absolute Gasteiger partial charge is 0.361 e. The highest BCUT2D eigenvalue weighted by Crippen LogP contribution is 2.30. The third kappa shape index (κ3) is 3.31. The Kier molecular flexibility index (Phi) is 4.57. The van der Waals surface area contributed by atoms with Crippen molar-refractivity contribution in [1.82, 2.24) is 19.9 Å². The monoisotopic (exact) mass is 434 g/mol. The van der Waals surface area contributed by atoms with E-state index in [1.54, 1.807) is 10.6 Å². The lowest BCUT2D eigenvalue weighted by molar-refractivity contribution is -0.126. The van der Waals surface area contributed by atoms with E-state index in [4.69, 9.17) is 4.98 Å². The molecule has 0 unspecified atom stereocenters. The molecule has 0 radical (unpaired) electrons. The molecular weight excluding hydrogens is 412 g/mol. The Morgan fingerprint density at radius 1 is 0.818 bits per heavy atom. The van der Waals surface area contributed by atoms with Crippen molar-refractivity contribution in [1.29, 1.82) is 0 Å². The molecule has 0 saturated carbocycles. The zero-order chi connectivity index (χ0) is 22.4. The highest BCUT2D eigenvalue weighted by atomic mass is 16.2. The Bertz CT molecular complexity index is 1550.